The van der Waals surface area contributed by atoms with E-state index in [9.17, 15) is 9.59 Å². The van der Waals surface area contributed by atoms with Gasteiger partial charge >= 0.3 is 11.8 Å². The van der Waals surface area contributed by atoms with Gasteiger partial charge < -0.3 is 15.5 Å². The predicted octanol–water partition coefficient (Wildman–Crippen LogP) is -0.419. The van der Waals surface area contributed by atoms with Crippen LogP contribution in [0.15, 0.2) is 0 Å². The monoisotopic (exact) mass is 227 g/mol. The Hall–Kier alpha value is -1.10. The molecule has 1 heterocycles. The van der Waals surface area contributed by atoms with Gasteiger partial charge in [0.25, 0.3) is 0 Å². The van der Waals surface area contributed by atoms with Crippen LogP contribution in [-0.4, -0.2) is 49.9 Å². The minimum Gasteiger partial charge on any atom is -0.348 e. The molecule has 2 N–H and O–H groups in total. The predicted molar refractivity (Wildman–Crippen MR) is 61.9 cm³/mol. The van der Waals surface area contributed by atoms with Gasteiger partial charge in [0.05, 0.1) is 0 Å². The molecule has 1 fully saturated rings. The fraction of sp³-hybridized carbons (Fsp3) is 0.818. The molecule has 0 bridgehead atoms. The van der Waals surface area contributed by atoms with Crippen molar-refractivity contribution in [2.45, 2.75) is 19.8 Å². The van der Waals surface area contributed by atoms with Crippen LogP contribution in [0.5, 0.6) is 0 Å². The Bertz CT molecular complexity index is 250. The molecule has 5 heteroatoms. The van der Waals surface area contributed by atoms with Crippen LogP contribution in [0.25, 0.3) is 0 Å². The summed E-state index contributed by atoms with van der Waals surface area (Å²) in [5.41, 5.74) is 0. The van der Waals surface area contributed by atoms with Gasteiger partial charge in [0, 0.05) is 20.1 Å². The van der Waals surface area contributed by atoms with E-state index in [1.54, 1.807) is 7.05 Å². The highest BCUT2D eigenvalue weighted by molar-refractivity contribution is 6.34. The van der Waals surface area contributed by atoms with E-state index >= 15 is 0 Å². The molecule has 0 saturated carbocycles. The molecule has 16 heavy (non-hydrogen) atoms. The largest absolute Gasteiger partial charge is 0.348 e. The van der Waals surface area contributed by atoms with Crippen molar-refractivity contribution in [3.8, 4) is 0 Å². The summed E-state index contributed by atoms with van der Waals surface area (Å²) < 4.78 is 0. The molecule has 0 aromatic heterocycles. The Morgan fingerprint density at radius 2 is 2.25 bits per heavy atom. The number of rotatable bonds is 3. The smallest absolute Gasteiger partial charge is 0.311 e. The lowest BCUT2D eigenvalue weighted by Crippen LogP contribution is -2.44. The highest BCUT2D eigenvalue weighted by Crippen LogP contribution is 2.07. The second kappa shape index (κ2) is 6.48. The van der Waals surface area contributed by atoms with E-state index in [0.29, 0.717) is 19.0 Å². The van der Waals surface area contributed by atoms with E-state index in [4.69, 9.17) is 0 Å². The summed E-state index contributed by atoms with van der Waals surface area (Å²) in [6.07, 6.45) is 2.26. The highest BCUT2D eigenvalue weighted by atomic mass is 16.2. The van der Waals surface area contributed by atoms with Crippen molar-refractivity contribution in [1.29, 1.82) is 0 Å². The number of piperidine rings is 1. The van der Waals surface area contributed by atoms with Crippen LogP contribution < -0.4 is 10.6 Å². The van der Waals surface area contributed by atoms with Gasteiger partial charge in [0.15, 0.2) is 0 Å². The molecule has 1 aliphatic rings. The van der Waals surface area contributed by atoms with Crippen LogP contribution in [0, 0.1) is 5.92 Å². The second-order valence-corrected chi connectivity index (χ2v) is 4.24. The van der Waals surface area contributed by atoms with Crippen molar-refractivity contribution in [3.05, 3.63) is 0 Å². The maximum atomic E-state index is 11.5. The average molecular weight is 227 g/mol. The van der Waals surface area contributed by atoms with Crippen LogP contribution in [0.2, 0.25) is 0 Å². The Kier molecular flexibility index (Phi) is 5.25. The van der Waals surface area contributed by atoms with E-state index in [1.165, 1.54) is 4.90 Å². The lowest BCUT2D eigenvalue weighted by molar-refractivity contribution is -0.144. The normalized spacial score (nSPS) is 20.2. The lowest BCUT2D eigenvalue weighted by Gasteiger charge is -2.23. The first kappa shape index (κ1) is 13.0. The van der Waals surface area contributed by atoms with Gasteiger partial charge in [-0.3, -0.25) is 9.59 Å². The molecule has 0 aromatic rings. The summed E-state index contributed by atoms with van der Waals surface area (Å²) in [5.74, 6) is -0.487. The number of nitrogens with zero attached hydrogens (tertiary/aromatic N) is 1. The quantitative estimate of drug-likeness (QED) is 0.644. The fourth-order valence-corrected chi connectivity index (χ4v) is 1.73. The molecule has 2 amide bonds. The Balaban J connectivity index is 2.25. The Labute approximate surface area is 96.6 Å². The van der Waals surface area contributed by atoms with Gasteiger partial charge in [0.1, 0.15) is 0 Å². The van der Waals surface area contributed by atoms with E-state index in [2.05, 4.69) is 10.6 Å². The van der Waals surface area contributed by atoms with E-state index in [-0.39, 0.29) is 0 Å². The van der Waals surface area contributed by atoms with Crippen molar-refractivity contribution >= 4 is 11.8 Å². The van der Waals surface area contributed by atoms with E-state index in [1.807, 2.05) is 6.92 Å². The molecular formula is C11H21N3O2. The zero-order chi connectivity index (χ0) is 12.0. The Morgan fingerprint density at radius 1 is 1.50 bits per heavy atom. The summed E-state index contributed by atoms with van der Waals surface area (Å²) in [4.78, 5) is 24.3. The zero-order valence-electron chi connectivity index (χ0n) is 10.1. The van der Waals surface area contributed by atoms with Gasteiger partial charge in [0.2, 0.25) is 0 Å². The fourth-order valence-electron chi connectivity index (χ4n) is 1.73. The van der Waals surface area contributed by atoms with Crippen LogP contribution in [0.4, 0.5) is 0 Å². The van der Waals surface area contributed by atoms with Crippen molar-refractivity contribution in [1.82, 2.24) is 15.5 Å². The third-order valence-corrected chi connectivity index (χ3v) is 2.97. The maximum absolute atomic E-state index is 11.5. The minimum atomic E-state index is -0.491. The molecule has 1 aliphatic heterocycles. The maximum Gasteiger partial charge on any atom is 0.311 e. The number of likely N-dealkylation sites (N-methyl/N-ethyl adjacent to an activating group) is 1. The number of amides is 2. The first-order valence-electron chi connectivity index (χ1n) is 5.89. The van der Waals surface area contributed by atoms with Crippen LogP contribution in [0.3, 0.4) is 0 Å². The second-order valence-electron chi connectivity index (χ2n) is 4.24. The van der Waals surface area contributed by atoms with Crippen molar-refractivity contribution < 1.29 is 9.59 Å². The molecule has 92 valence electrons. The molecule has 0 aliphatic carbocycles. The summed E-state index contributed by atoms with van der Waals surface area (Å²) in [6, 6.07) is 0. The number of hydrogen-bond donors (Lipinski definition) is 2. The van der Waals surface area contributed by atoms with Gasteiger partial charge in [-0.2, -0.15) is 0 Å². The minimum absolute atomic E-state index is 0.453. The molecule has 0 aromatic carbocycles. The third kappa shape index (κ3) is 3.81. The van der Waals surface area contributed by atoms with Crippen molar-refractivity contribution in [2.24, 2.45) is 5.92 Å². The average Bonchev–Trinajstić information content (AvgIpc) is 2.35. The van der Waals surface area contributed by atoms with Gasteiger partial charge in [-0.1, -0.05) is 0 Å². The Morgan fingerprint density at radius 3 is 2.81 bits per heavy atom. The lowest BCUT2D eigenvalue weighted by atomic mass is 10.00. The van der Waals surface area contributed by atoms with Crippen LogP contribution in [-0.2, 0) is 9.59 Å². The molecular weight excluding hydrogens is 206 g/mol. The molecule has 1 atom stereocenters. The first-order valence-corrected chi connectivity index (χ1v) is 5.89. The van der Waals surface area contributed by atoms with E-state index in [0.717, 1.165) is 25.9 Å². The molecule has 0 radical (unpaired) electrons. The summed E-state index contributed by atoms with van der Waals surface area (Å²) in [7, 11) is 1.63. The standard InChI is InChI=1S/C11H21N3O2/c1-3-14(2)11(16)10(15)13-8-9-5-4-6-12-7-9/h9,12H,3-8H2,1-2H3,(H,13,15). The summed E-state index contributed by atoms with van der Waals surface area (Å²) in [6.45, 7) is 4.97. The third-order valence-electron chi connectivity index (χ3n) is 2.97. The van der Waals surface area contributed by atoms with Crippen LogP contribution in [0.1, 0.15) is 19.8 Å². The van der Waals surface area contributed by atoms with E-state index < -0.39 is 11.8 Å². The first-order chi connectivity index (χ1) is 7.65. The van der Waals surface area contributed by atoms with Crippen molar-refractivity contribution in [3.63, 3.8) is 0 Å². The van der Waals surface area contributed by atoms with Gasteiger partial charge in [-0.25, -0.2) is 0 Å². The topological polar surface area (TPSA) is 61.4 Å². The number of carbonyl (C=O) groups excluding carboxylic acids is 2. The van der Waals surface area contributed by atoms with Crippen molar-refractivity contribution in [2.75, 3.05) is 33.2 Å². The molecule has 1 saturated heterocycles. The molecule has 1 unspecified atom stereocenters. The number of nitrogens with one attached hydrogen (secondary N) is 2. The van der Waals surface area contributed by atoms with Crippen LogP contribution >= 0.6 is 0 Å². The molecule has 0 spiro atoms. The molecule has 5 nitrogen and oxygen atoms in total. The SMILES string of the molecule is CCN(C)C(=O)C(=O)NCC1CCCNC1. The highest BCUT2D eigenvalue weighted by Gasteiger charge is 2.19. The number of hydrogen-bond acceptors (Lipinski definition) is 3. The summed E-state index contributed by atoms with van der Waals surface area (Å²) in [5, 5.41) is 5.97. The number of carbonyl (C=O) groups is 2. The van der Waals surface area contributed by atoms with Gasteiger partial charge in [-0.15, -0.1) is 0 Å². The zero-order valence-corrected chi connectivity index (χ0v) is 10.1. The summed E-state index contributed by atoms with van der Waals surface area (Å²) >= 11 is 0. The van der Waals surface area contributed by atoms with Gasteiger partial charge in [-0.05, 0) is 38.8 Å². The molecule has 1 rings (SSSR count).